The first-order valence-corrected chi connectivity index (χ1v) is 5.05. The van der Waals surface area contributed by atoms with Gasteiger partial charge in [0.2, 0.25) is 5.91 Å². The molecule has 4 heteroatoms. The fourth-order valence-corrected chi connectivity index (χ4v) is 2.76. The molecule has 1 N–H and O–H groups in total. The first kappa shape index (κ1) is 9.49. The Kier molecular flexibility index (Phi) is 2.21. The molecule has 14 heavy (non-hydrogen) atoms. The highest BCUT2D eigenvalue weighted by Crippen LogP contribution is 2.47. The number of ether oxygens (including phenoxy) is 1. The van der Waals surface area contributed by atoms with Crippen LogP contribution in [0.25, 0.3) is 0 Å². The van der Waals surface area contributed by atoms with E-state index in [-0.39, 0.29) is 17.3 Å². The van der Waals surface area contributed by atoms with Crippen molar-refractivity contribution in [2.45, 2.75) is 38.1 Å². The zero-order valence-electron chi connectivity index (χ0n) is 8.34. The molecule has 1 atom stereocenters. The minimum Gasteiger partial charge on any atom is -0.467 e. The van der Waals surface area contributed by atoms with E-state index in [1.807, 2.05) is 0 Å². The van der Waals surface area contributed by atoms with Crippen LogP contribution < -0.4 is 5.32 Å². The highest BCUT2D eigenvalue weighted by molar-refractivity contribution is 5.90. The van der Waals surface area contributed by atoms with Crippen molar-refractivity contribution in [1.29, 1.82) is 0 Å². The van der Waals surface area contributed by atoms with Gasteiger partial charge < -0.3 is 10.1 Å². The van der Waals surface area contributed by atoms with Gasteiger partial charge in [-0.05, 0) is 12.8 Å². The molecule has 4 nitrogen and oxygen atoms in total. The Morgan fingerprint density at radius 1 is 1.50 bits per heavy atom. The molecule has 1 unspecified atom stereocenters. The van der Waals surface area contributed by atoms with Gasteiger partial charge in [-0.2, -0.15) is 0 Å². The van der Waals surface area contributed by atoms with Crippen molar-refractivity contribution in [2.75, 3.05) is 7.11 Å². The van der Waals surface area contributed by atoms with Gasteiger partial charge in [-0.3, -0.25) is 4.79 Å². The van der Waals surface area contributed by atoms with E-state index >= 15 is 0 Å². The summed E-state index contributed by atoms with van der Waals surface area (Å²) in [5, 5.41) is 2.72. The molecule has 2 rings (SSSR count). The maximum Gasteiger partial charge on any atom is 0.328 e. The number of hydrogen-bond acceptors (Lipinski definition) is 3. The smallest absolute Gasteiger partial charge is 0.328 e. The van der Waals surface area contributed by atoms with E-state index in [1.165, 1.54) is 7.11 Å². The summed E-state index contributed by atoms with van der Waals surface area (Å²) in [6.07, 6.45) is 4.65. The van der Waals surface area contributed by atoms with E-state index in [0.717, 1.165) is 25.7 Å². The molecule has 1 spiro atoms. The Hall–Kier alpha value is -1.06. The fourth-order valence-electron chi connectivity index (χ4n) is 2.76. The summed E-state index contributed by atoms with van der Waals surface area (Å²) in [6.45, 7) is 0. The second kappa shape index (κ2) is 3.26. The number of hydrogen-bond donors (Lipinski definition) is 1. The van der Waals surface area contributed by atoms with Crippen molar-refractivity contribution in [3.63, 3.8) is 0 Å². The summed E-state index contributed by atoms with van der Waals surface area (Å²) in [7, 11) is 1.37. The SMILES string of the molecule is COC(=O)C1NC(=O)CC12CCCC2. The van der Waals surface area contributed by atoms with E-state index in [0.29, 0.717) is 6.42 Å². The van der Waals surface area contributed by atoms with Gasteiger partial charge in [0, 0.05) is 11.8 Å². The van der Waals surface area contributed by atoms with Crippen molar-refractivity contribution >= 4 is 11.9 Å². The Morgan fingerprint density at radius 2 is 2.14 bits per heavy atom. The Bertz CT molecular complexity index is 269. The molecule has 0 radical (unpaired) electrons. The van der Waals surface area contributed by atoms with E-state index in [4.69, 9.17) is 4.74 Å². The summed E-state index contributed by atoms with van der Waals surface area (Å²) >= 11 is 0. The van der Waals surface area contributed by atoms with Crippen molar-refractivity contribution in [1.82, 2.24) is 5.32 Å². The zero-order valence-corrected chi connectivity index (χ0v) is 8.34. The van der Waals surface area contributed by atoms with Gasteiger partial charge >= 0.3 is 5.97 Å². The van der Waals surface area contributed by atoms with Crippen LogP contribution in [0.2, 0.25) is 0 Å². The van der Waals surface area contributed by atoms with E-state index in [1.54, 1.807) is 0 Å². The number of rotatable bonds is 1. The fraction of sp³-hybridized carbons (Fsp3) is 0.800. The zero-order chi connectivity index (χ0) is 10.2. The molecule has 0 bridgehead atoms. The highest BCUT2D eigenvalue weighted by Gasteiger charge is 2.52. The minimum absolute atomic E-state index is 0.0118. The van der Waals surface area contributed by atoms with Crippen molar-refractivity contribution < 1.29 is 14.3 Å². The average Bonchev–Trinajstić information content (AvgIpc) is 2.74. The predicted octanol–water partition coefficient (Wildman–Crippen LogP) is 0.608. The molecule has 0 aromatic rings. The topological polar surface area (TPSA) is 55.4 Å². The third kappa shape index (κ3) is 1.29. The third-order valence-corrected chi connectivity index (χ3v) is 3.47. The van der Waals surface area contributed by atoms with Gasteiger partial charge in [-0.15, -0.1) is 0 Å². The Labute approximate surface area is 83.0 Å². The van der Waals surface area contributed by atoms with Gasteiger partial charge in [0.15, 0.2) is 0 Å². The van der Waals surface area contributed by atoms with Gasteiger partial charge in [0.1, 0.15) is 6.04 Å². The van der Waals surface area contributed by atoms with Crippen LogP contribution in [-0.2, 0) is 14.3 Å². The van der Waals surface area contributed by atoms with Crippen LogP contribution >= 0.6 is 0 Å². The van der Waals surface area contributed by atoms with Crippen molar-refractivity contribution in [2.24, 2.45) is 5.41 Å². The molecular weight excluding hydrogens is 182 g/mol. The second-order valence-corrected chi connectivity index (χ2v) is 4.27. The molecule has 0 aromatic heterocycles. The van der Waals surface area contributed by atoms with Gasteiger partial charge in [0.05, 0.1) is 7.11 Å². The van der Waals surface area contributed by atoms with Gasteiger partial charge in [-0.25, -0.2) is 4.79 Å². The average molecular weight is 197 g/mol. The van der Waals surface area contributed by atoms with Crippen molar-refractivity contribution in [3.05, 3.63) is 0 Å². The first-order chi connectivity index (χ1) is 6.68. The summed E-state index contributed by atoms with van der Waals surface area (Å²) in [4.78, 5) is 22.8. The van der Waals surface area contributed by atoms with Crippen LogP contribution in [0, 0.1) is 5.41 Å². The van der Waals surface area contributed by atoms with Gasteiger partial charge in [-0.1, -0.05) is 12.8 Å². The lowest BCUT2D eigenvalue weighted by Crippen LogP contribution is -2.43. The minimum atomic E-state index is -0.400. The van der Waals surface area contributed by atoms with Crippen molar-refractivity contribution in [3.8, 4) is 0 Å². The molecule has 1 aliphatic heterocycles. The second-order valence-electron chi connectivity index (χ2n) is 4.27. The third-order valence-electron chi connectivity index (χ3n) is 3.47. The van der Waals surface area contributed by atoms with E-state index in [2.05, 4.69) is 5.32 Å². The molecular formula is C10H15NO3. The monoisotopic (exact) mass is 197 g/mol. The molecule has 1 amide bonds. The number of methoxy groups -OCH3 is 1. The number of amides is 1. The Morgan fingerprint density at radius 3 is 2.71 bits per heavy atom. The molecule has 2 aliphatic rings. The normalized spacial score (nSPS) is 29.2. The highest BCUT2D eigenvalue weighted by atomic mass is 16.5. The number of nitrogens with one attached hydrogen (secondary N) is 1. The number of carbonyl (C=O) groups excluding carboxylic acids is 2. The first-order valence-electron chi connectivity index (χ1n) is 5.05. The summed E-state index contributed by atoms with van der Waals surface area (Å²) in [6, 6.07) is -0.400. The van der Waals surface area contributed by atoms with Crippen LogP contribution in [0.3, 0.4) is 0 Å². The number of esters is 1. The predicted molar refractivity (Wildman–Crippen MR) is 49.5 cm³/mol. The standard InChI is InChI=1S/C10H15NO3/c1-14-9(13)8-10(4-2-3-5-10)6-7(12)11-8/h8H,2-6H2,1H3,(H,11,12). The summed E-state index contributed by atoms with van der Waals surface area (Å²) in [5.74, 6) is -0.306. The Balaban J connectivity index is 2.21. The molecule has 1 saturated carbocycles. The van der Waals surface area contributed by atoms with Crippen LogP contribution in [0.15, 0.2) is 0 Å². The maximum atomic E-state index is 11.5. The quantitative estimate of drug-likeness (QED) is 0.626. The van der Waals surface area contributed by atoms with Crippen LogP contribution in [0.5, 0.6) is 0 Å². The summed E-state index contributed by atoms with van der Waals surface area (Å²) < 4.78 is 4.72. The number of carbonyl (C=O) groups is 2. The summed E-state index contributed by atoms with van der Waals surface area (Å²) in [5.41, 5.74) is -0.135. The van der Waals surface area contributed by atoms with Crippen LogP contribution in [0.4, 0.5) is 0 Å². The molecule has 2 fully saturated rings. The van der Waals surface area contributed by atoms with Crippen LogP contribution in [-0.4, -0.2) is 25.0 Å². The molecule has 78 valence electrons. The lowest BCUT2D eigenvalue weighted by Gasteiger charge is -2.26. The molecule has 1 saturated heterocycles. The van der Waals surface area contributed by atoms with Gasteiger partial charge in [0.25, 0.3) is 0 Å². The van der Waals surface area contributed by atoms with E-state index < -0.39 is 6.04 Å². The maximum absolute atomic E-state index is 11.5. The lowest BCUT2D eigenvalue weighted by molar-refractivity contribution is -0.146. The largest absolute Gasteiger partial charge is 0.467 e. The molecule has 1 heterocycles. The van der Waals surface area contributed by atoms with Crippen LogP contribution in [0.1, 0.15) is 32.1 Å². The van der Waals surface area contributed by atoms with E-state index in [9.17, 15) is 9.59 Å². The molecule has 1 aliphatic carbocycles. The molecule has 0 aromatic carbocycles. The lowest BCUT2D eigenvalue weighted by atomic mass is 9.79.